The average Bonchev–Trinajstić information content (AvgIpc) is 3.03. The molecule has 100 valence electrons. The highest BCUT2D eigenvalue weighted by molar-refractivity contribution is 5.43. The molecule has 0 amide bonds. The molecule has 5 heteroatoms. The maximum Gasteiger partial charge on any atom is 0.178 e. The molecule has 4 rings (SSSR count). The molecule has 19 heavy (non-hydrogen) atoms. The van der Waals surface area contributed by atoms with E-state index in [1.54, 1.807) is 0 Å². The maximum absolute atomic E-state index is 4.79. The number of likely N-dealkylation sites (tertiary alicyclic amines) is 1. The fraction of sp³-hybridized carbons (Fsp3) is 0.643. The van der Waals surface area contributed by atoms with Crippen LogP contribution in [0.15, 0.2) is 6.07 Å². The van der Waals surface area contributed by atoms with E-state index in [4.69, 9.17) is 5.10 Å². The van der Waals surface area contributed by atoms with Crippen LogP contribution in [0.1, 0.15) is 42.3 Å². The molecule has 0 atom stereocenters. The van der Waals surface area contributed by atoms with Crippen molar-refractivity contribution in [2.45, 2.75) is 38.0 Å². The minimum atomic E-state index is 0.512. The molecule has 5 nitrogen and oxygen atoms in total. The molecule has 1 aliphatic carbocycles. The highest BCUT2D eigenvalue weighted by Gasteiger charge is 2.24. The van der Waals surface area contributed by atoms with E-state index in [1.165, 1.54) is 17.7 Å². The number of hydrogen-bond donors (Lipinski definition) is 0. The summed E-state index contributed by atoms with van der Waals surface area (Å²) in [6, 6.07) is 2.18. The largest absolute Gasteiger partial charge is 0.306 e. The van der Waals surface area contributed by atoms with Gasteiger partial charge in [-0.3, -0.25) is 0 Å². The van der Waals surface area contributed by atoms with E-state index in [0.717, 1.165) is 50.2 Å². The number of hydrogen-bond acceptors (Lipinski definition) is 4. The predicted molar refractivity (Wildman–Crippen MR) is 72.3 cm³/mol. The number of piperidine rings is 1. The van der Waals surface area contributed by atoms with Gasteiger partial charge in [-0.1, -0.05) is 0 Å². The topological polar surface area (TPSA) is 46.3 Å². The minimum absolute atomic E-state index is 0.512. The Bertz CT molecular complexity index is 610. The van der Waals surface area contributed by atoms with Gasteiger partial charge in [0, 0.05) is 5.92 Å². The van der Waals surface area contributed by atoms with Crippen molar-refractivity contribution in [3.63, 3.8) is 0 Å². The first-order chi connectivity index (χ1) is 9.31. The molecule has 0 spiro atoms. The molecule has 3 heterocycles. The van der Waals surface area contributed by atoms with Crippen LogP contribution in [-0.4, -0.2) is 44.8 Å². The summed E-state index contributed by atoms with van der Waals surface area (Å²) in [5.41, 5.74) is 3.55. The van der Waals surface area contributed by atoms with Gasteiger partial charge in [-0.2, -0.15) is 9.61 Å². The third-order valence-electron chi connectivity index (χ3n) is 4.53. The molecule has 2 aliphatic rings. The average molecular weight is 257 g/mol. The third kappa shape index (κ3) is 1.84. The summed E-state index contributed by atoms with van der Waals surface area (Å²) in [6.07, 6.45) is 5.81. The van der Waals surface area contributed by atoms with Crippen molar-refractivity contribution in [3.05, 3.63) is 23.1 Å². The summed E-state index contributed by atoms with van der Waals surface area (Å²) in [7, 11) is 2.18. The molecule has 2 aromatic rings. The van der Waals surface area contributed by atoms with Crippen LogP contribution in [-0.2, 0) is 12.8 Å². The van der Waals surface area contributed by atoms with Crippen LogP contribution in [0.4, 0.5) is 0 Å². The Kier molecular flexibility index (Phi) is 2.55. The second kappa shape index (κ2) is 4.27. The molecule has 0 bridgehead atoms. The predicted octanol–water partition coefficient (Wildman–Crippen LogP) is 1.42. The highest BCUT2D eigenvalue weighted by Crippen LogP contribution is 2.27. The lowest BCUT2D eigenvalue weighted by Crippen LogP contribution is -2.30. The fourth-order valence-corrected chi connectivity index (χ4v) is 3.32. The van der Waals surface area contributed by atoms with Crippen LogP contribution in [0.3, 0.4) is 0 Å². The molecule has 0 unspecified atom stereocenters. The summed E-state index contributed by atoms with van der Waals surface area (Å²) < 4.78 is 2.00. The van der Waals surface area contributed by atoms with Crippen molar-refractivity contribution in [1.82, 2.24) is 24.7 Å². The molecular formula is C14H19N5. The lowest BCUT2D eigenvalue weighted by atomic mass is 9.96. The number of nitrogens with zero attached hydrogens (tertiary/aromatic N) is 5. The molecule has 0 N–H and O–H groups in total. The normalized spacial score (nSPS) is 21.1. The van der Waals surface area contributed by atoms with E-state index >= 15 is 0 Å². The SMILES string of the molecule is CN1CCC(c2nnc3cc4c(nn23)CCC4)CC1. The summed E-state index contributed by atoms with van der Waals surface area (Å²) >= 11 is 0. The van der Waals surface area contributed by atoms with Crippen molar-refractivity contribution in [2.75, 3.05) is 20.1 Å². The van der Waals surface area contributed by atoms with Crippen LogP contribution >= 0.6 is 0 Å². The first-order valence-corrected chi connectivity index (χ1v) is 7.24. The Balaban J connectivity index is 1.74. The number of aromatic nitrogens is 4. The minimum Gasteiger partial charge on any atom is -0.306 e. The fourth-order valence-electron chi connectivity index (χ4n) is 3.32. The molecule has 1 saturated heterocycles. The molecular weight excluding hydrogens is 238 g/mol. The standard InChI is InChI=1S/C14H19N5/c1-18-7-5-10(6-8-18)14-16-15-13-9-11-3-2-4-12(11)17-19(13)14/h9-10H,2-8H2,1H3. The molecule has 1 aliphatic heterocycles. The van der Waals surface area contributed by atoms with Gasteiger partial charge in [0.15, 0.2) is 11.5 Å². The Hall–Kier alpha value is -1.49. The molecule has 0 aromatic carbocycles. The molecule has 2 aromatic heterocycles. The first kappa shape index (κ1) is 11.3. The lowest BCUT2D eigenvalue weighted by Gasteiger charge is -2.27. The Morgan fingerprint density at radius 1 is 1.16 bits per heavy atom. The number of fused-ring (bicyclic) bond motifs is 2. The summed E-state index contributed by atoms with van der Waals surface area (Å²) in [5, 5.41) is 13.5. The van der Waals surface area contributed by atoms with Crippen LogP contribution in [0.5, 0.6) is 0 Å². The first-order valence-electron chi connectivity index (χ1n) is 7.24. The van der Waals surface area contributed by atoms with Crippen molar-refractivity contribution >= 4 is 5.65 Å². The molecule has 1 fully saturated rings. The second-order valence-electron chi connectivity index (χ2n) is 5.88. The number of rotatable bonds is 1. The monoisotopic (exact) mass is 257 g/mol. The Morgan fingerprint density at radius 2 is 2.00 bits per heavy atom. The molecule has 0 radical (unpaired) electrons. The highest BCUT2D eigenvalue weighted by atomic mass is 15.4. The van der Waals surface area contributed by atoms with Crippen molar-refractivity contribution in [3.8, 4) is 0 Å². The third-order valence-corrected chi connectivity index (χ3v) is 4.53. The van der Waals surface area contributed by atoms with Gasteiger partial charge in [0.05, 0.1) is 5.69 Å². The quantitative estimate of drug-likeness (QED) is 0.775. The lowest BCUT2D eigenvalue weighted by molar-refractivity contribution is 0.250. The van der Waals surface area contributed by atoms with E-state index in [1.807, 2.05) is 4.52 Å². The van der Waals surface area contributed by atoms with E-state index < -0.39 is 0 Å². The zero-order chi connectivity index (χ0) is 12.8. The van der Waals surface area contributed by atoms with E-state index in [0.29, 0.717) is 5.92 Å². The van der Waals surface area contributed by atoms with Gasteiger partial charge < -0.3 is 4.90 Å². The number of aryl methyl sites for hydroxylation is 2. The zero-order valence-electron chi connectivity index (χ0n) is 11.3. The van der Waals surface area contributed by atoms with Gasteiger partial charge in [0.1, 0.15) is 0 Å². The smallest absolute Gasteiger partial charge is 0.178 e. The summed E-state index contributed by atoms with van der Waals surface area (Å²) in [5.74, 6) is 1.58. The Morgan fingerprint density at radius 3 is 2.84 bits per heavy atom. The van der Waals surface area contributed by atoms with Crippen LogP contribution < -0.4 is 0 Å². The second-order valence-corrected chi connectivity index (χ2v) is 5.88. The van der Waals surface area contributed by atoms with E-state index in [-0.39, 0.29) is 0 Å². The zero-order valence-corrected chi connectivity index (χ0v) is 11.3. The van der Waals surface area contributed by atoms with Gasteiger partial charge in [0.25, 0.3) is 0 Å². The van der Waals surface area contributed by atoms with Gasteiger partial charge in [-0.05, 0) is 63.9 Å². The van der Waals surface area contributed by atoms with Gasteiger partial charge in [0.2, 0.25) is 0 Å². The van der Waals surface area contributed by atoms with Gasteiger partial charge >= 0.3 is 0 Å². The van der Waals surface area contributed by atoms with E-state index in [2.05, 4.69) is 28.2 Å². The summed E-state index contributed by atoms with van der Waals surface area (Å²) in [4.78, 5) is 2.38. The Labute approximate surface area is 112 Å². The van der Waals surface area contributed by atoms with Crippen LogP contribution in [0, 0.1) is 0 Å². The summed E-state index contributed by atoms with van der Waals surface area (Å²) in [6.45, 7) is 2.29. The van der Waals surface area contributed by atoms with Gasteiger partial charge in [-0.15, -0.1) is 10.2 Å². The molecule has 0 saturated carbocycles. The van der Waals surface area contributed by atoms with Crippen LogP contribution in [0.25, 0.3) is 5.65 Å². The van der Waals surface area contributed by atoms with Crippen molar-refractivity contribution < 1.29 is 0 Å². The van der Waals surface area contributed by atoms with E-state index in [9.17, 15) is 0 Å². The van der Waals surface area contributed by atoms with Crippen LogP contribution in [0.2, 0.25) is 0 Å². The maximum atomic E-state index is 4.79. The van der Waals surface area contributed by atoms with Crippen molar-refractivity contribution in [2.24, 2.45) is 0 Å². The van der Waals surface area contributed by atoms with Gasteiger partial charge in [-0.25, -0.2) is 0 Å². The van der Waals surface area contributed by atoms with Crippen molar-refractivity contribution in [1.29, 1.82) is 0 Å².